The van der Waals surface area contributed by atoms with Gasteiger partial charge in [-0.15, -0.1) is 0 Å². The van der Waals surface area contributed by atoms with Gasteiger partial charge in [-0.05, 0) is 19.3 Å². The number of nitrogen functional groups attached to an aromatic ring is 1. The molecule has 2 aromatic heterocycles. The first kappa shape index (κ1) is 15.3. The van der Waals surface area contributed by atoms with Crippen LogP contribution in [0.5, 0.6) is 0 Å². The Balaban J connectivity index is 1.79. The minimum absolute atomic E-state index is 0.141. The van der Waals surface area contributed by atoms with Crippen molar-refractivity contribution in [3.63, 3.8) is 0 Å². The molecule has 0 amide bonds. The van der Waals surface area contributed by atoms with E-state index in [1.54, 1.807) is 10.9 Å². The second-order valence-electron chi connectivity index (χ2n) is 5.77. The van der Waals surface area contributed by atoms with Crippen LogP contribution in [0.3, 0.4) is 0 Å². The normalized spacial score (nSPS) is 25.9. The van der Waals surface area contributed by atoms with Crippen molar-refractivity contribution in [3.05, 3.63) is 12.7 Å². The van der Waals surface area contributed by atoms with Gasteiger partial charge in [-0.1, -0.05) is 0 Å². The number of anilines is 1. The van der Waals surface area contributed by atoms with Gasteiger partial charge in [0.25, 0.3) is 0 Å². The predicted octanol–water partition coefficient (Wildman–Crippen LogP) is 1.41. The number of nitrogens with zero attached hydrogens (tertiary/aromatic N) is 4. The largest absolute Gasteiger partial charge is 0.382 e. The van der Waals surface area contributed by atoms with Crippen LogP contribution in [0.15, 0.2) is 12.7 Å². The van der Waals surface area contributed by atoms with E-state index in [0.29, 0.717) is 17.6 Å². The molecule has 2 aromatic rings. The molecular formula is C12H17FN5O3P. The van der Waals surface area contributed by atoms with Crippen molar-refractivity contribution in [2.24, 2.45) is 0 Å². The lowest BCUT2D eigenvalue weighted by molar-refractivity contribution is 0.158. The lowest BCUT2D eigenvalue weighted by Gasteiger charge is -2.20. The molecule has 0 spiro atoms. The van der Waals surface area contributed by atoms with Gasteiger partial charge in [0.2, 0.25) is 0 Å². The fourth-order valence-corrected chi connectivity index (χ4v) is 3.69. The molecule has 0 aromatic carbocycles. The highest BCUT2D eigenvalue weighted by molar-refractivity contribution is 7.51. The Kier molecular flexibility index (Phi) is 3.66. The number of halogens is 1. The Bertz CT molecular complexity index is 747. The average molecular weight is 329 g/mol. The SMILES string of the molecule is Nc1ncnc2c1ncn2[C@H]1CC[C@@](F)(CCP(=O)(O)O)C1. The van der Waals surface area contributed by atoms with Gasteiger partial charge in [0.15, 0.2) is 11.5 Å². The molecular weight excluding hydrogens is 312 g/mol. The maximum Gasteiger partial charge on any atom is 0.325 e. The smallest absolute Gasteiger partial charge is 0.325 e. The van der Waals surface area contributed by atoms with Crippen molar-refractivity contribution in [2.75, 3.05) is 11.9 Å². The lowest BCUT2D eigenvalue weighted by atomic mass is 10.0. The highest BCUT2D eigenvalue weighted by Gasteiger charge is 2.41. The number of hydrogen-bond acceptors (Lipinski definition) is 5. The summed E-state index contributed by atoms with van der Waals surface area (Å²) in [5.74, 6) is 0.273. The van der Waals surface area contributed by atoms with E-state index < -0.39 is 19.4 Å². The van der Waals surface area contributed by atoms with Crippen LogP contribution < -0.4 is 5.73 Å². The first-order valence-electron chi connectivity index (χ1n) is 6.94. The van der Waals surface area contributed by atoms with E-state index in [2.05, 4.69) is 15.0 Å². The molecule has 10 heteroatoms. The molecule has 1 fully saturated rings. The van der Waals surface area contributed by atoms with Gasteiger partial charge < -0.3 is 20.1 Å². The summed E-state index contributed by atoms with van der Waals surface area (Å²) in [6, 6.07) is -0.152. The maximum atomic E-state index is 14.7. The van der Waals surface area contributed by atoms with Gasteiger partial charge in [-0.25, -0.2) is 19.3 Å². The van der Waals surface area contributed by atoms with Crippen molar-refractivity contribution in [2.45, 2.75) is 37.4 Å². The predicted molar refractivity (Wildman–Crippen MR) is 78.0 cm³/mol. The Labute approximate surface area is 125 Å². The topological polar surface area (TPSA) is 127 Å². The molecule has 1 aliphatic rings. The summed E-state index contributed by atoms with van der Waals surface area (Å²) in [6.07, 6.45) is 3.33. The molecule has 0 unspecified atom stereocenters. The fourth-order valence-electron chi connectivity index (χ4n) is 3.00. The zero-order valence-corrected chi connectivity index (χ0v) is 12.7. The fraction of sp³-hybridized carbons (Fsp3) is 0.583. The van der Waals surface area contributed by atoms with Crippen molar-refractivity contribution in [1.29, 1.82) is 0 Å². The molecule has 1 aliphatic carbocycles. The minimum atomic E-state index is -4.18. The van der Waals surface area contributed by atoms with Gasteiger partial charge in [-0.2, -0.15) is 0 Å². The Hall–Kier alpha value is -1.57. The molecule has 4 N–H and O–H groups in total. The number of aromatic nitrogens is 4. The van der Waals surface area contributed by atoms with Crippen molar-refractivity contribution >= 4 is 24.6 Å². The monoisotopic (exact) mass is 329 g/mol. The third kappa shape index (κ3) is 2.97. The van der Waals surface area contributed by atoms with Gasteiger partial charge >= 0.3 is 7.60 Å². The summed E-state index contributed by atoms with van der Waals surface area (Å²) < 4.78 is 27.4. The molecule has 0 aliphatic heterocycles. The maximum absolute atomic E-state index is 14.7. The van der Waals surface area contributed by atoms with Crippen LogP contribution in [-0.4, -0.2) is 41.1 Å². The Morgan fingerprint density at radius 3 is 2.95 bits per heavy atom. The zero-order valence-electron chi connectivity index (χ0n) is 11.8. The van der Waals surface area contributed by atoms with E-state index in [9.17, 15) is 8.96 Å². The molecule has 3 rings (SSSR count). The van der Waals surface area contributed by atoms with Crippen molar-refractivity contribution < 1.29 is 18.7 Å². The van der Waals surface area contributed by atoms with E-state index in [1.165, 1.54) is 6.33 Å². The summed E-state index contributed by atoms with van der Waals surface area (Å²) in [6.45, 7) is 0. The number of alkyl halides is 1. The third-order valence-electron chi connectivity index (χ3n) is 4.16. The zero-order chi connectivity index (χ0) is 16.0. The van der Waals surface area contributed by atoms with E-state index in [1.807, 2.05) is 0 Å². The molecule has 8 nitrogen and oxygen atoms in total. The molecule has 1 saturated carbocycles. The van der Waals surface area contributed by atoms with E-state index >= 15 is 0 Å². The highest BCUT2D eigenvalue weighted by Crippen LogP contribution is 2.47. The lowest BCUT2D eigenvalue weighted by Crippen LogP contribution is -2.21. The van der Waals surface area contributed by atoms with Crippen LogP contribution in [0, 0.1) is 0 Å². The minimum Gasteiger partial charge on any atom is -0.382 e. The van der Waals surface area contributed by atoms with E-state index in [4.69, 9.17) is 15.5 Å². The van der Waals surface area contributed by atoms with E-state index in [-0.39, 0.29) is 31.1 Å². The Morgan fingerprint density at radius 2 is 2.23 bits per heavy atom. The van der Waals surface area contributed by atoms with E-state index in [0.717, 1.165) is 0 Å². The number of hydrogen-bond donors (Lipinski definition) is 3. The van der Waals surface area contributed by atoms with Crippen LogP contribution in [0.1, 0.15) is 31.7 Å². The van der Waals surface area contributed by atoms with Crippen LogP contribution in [0.4, 0.5) is 10.2 Å². The molecule has 0 saturated heterocycles. The summed E-state index contributed by atoms with van der Waals surface area (Å²) in [5.41, 5.74) is 5.19. The summed E-state index contributed by atoms with van der Waals surface area (Å²) in [7, 11) is -4.18. The third-order valence-corrected chi connectivity index (χ3v) is 4.96. The number of imidazole rings is 1. The number of nitrogens with two attached hydrogens (primary N) is 1. The molecule has 0 radical (unpaired) electrons. The first-order valence-corrected chi connectivity index (χ1v) is 8.74. The molecule has 2 heterocycles. The molecule has 120 valence electrons. The first-order chi connectivity index (χ1) is 10.3. The average Bonchev–Trinajstić information content (AvgIpc) is 3.01. The Morgan fingerprint density at radius 1 is 1.45 bits per heavy atom. The van der Waals surface area contributed by atoms with Gasteiger partial charge in [-0.3, -0.25) is 4.57 Å². The molecule has 22 heavy (non-hydrogen) atoms. The molecule has 0 bridgehead atoms. The number of rotatable bonds is 4. The standard InChI is InChI=1S/C12H17FN5O3P/c13-12(3-4-22(19,20)21)2-1-8(5-12)18-7-17-9-10(14)15-6-16-11(9)18/h6-8H,1-5H2,(H2,14,15,16)(H2,19,20,21)/t8-,12+/m0/s1. The quantitative estimate of drug-likeness (QED) is 0.724. The summed E-state index contributed by atoms with van der Waals surface area (Å²) in [4.78, 5) is 30.0. The van der Waals surface area contributed by atoms with Gasteiger partial charge in [0, 0.05) is 12.5 Å². The second kappa shape index (κ2) is 5.26. The van der Waals surface area contributed by atoms with Crippen LogP contribution in [0.2, 0.25) is 0 Å². The van der Waals surface area contributed by atoms with Gasteiger partial charge in [0.05, 0.1) is 12.5 Å². The van der Waals surface area contributed by atoms with Crippen molar-refractivity contribution in [1.82, 2.24) is 19.5 Å². The second-order valence-corrected chi connectivity index (χ2v) is 7.55. The van der Waals surface area contributed by atoms with Crippen molar-refractivity contribution in [3.8, 4) is 0 Å². The highest BCUT2D eigenvalue weighted by atomic mass is 31.2. The molecule has 2 atom stereocenters. The summed E-state index contributed by atoms with van der Waals surface area (Å²) >= 11 is 0. The van der Waals surface area contributed by atoms with Crippen LogP contribution in [-0.2, 0) is 4.57 Å². The summed E-state index contributed by atoms with van der Waals surface area (Å²) in [5, 5.41) is 0. The van der Waals surface area contributed by atoms with Gasteiger partial charge in [0.1, 0.15) is 17.5 Å². The number of fused-ring (bicyclic) bond motifs is 1. The van der Waals surface area contributed by atoms with Crippen LogP contribution in [0.25, 0.3) is 11.2 Å². The van der Waals surface area contributed by atoms with Crippen LogP contribution >= 0.6 is 7.60 Å².